The van der Waals surface area contributed by atoms with Crippen molar-refractivity contribution in [2.45, 2.75) is 40.8 Å². The number of aryl methyl sites for hydroxylation is 4. The van der Waals surface area contributed by atoms with Gasteiger partial charge in [0.25, 0.3) is 0 Å². The van der Waals surface area contributed by atoms with E-state index in [2.05, 4.69) is 45.6 Å². The first-order chi connectivity index (χ1) is 14.0. The maximum atomic E-state index is 12.6. The largest absolute Gasteiger partial charge is 0.322 e. The monoisotopic (exact) mass is 388 g/mol. The molecule has 29 heavy (non-hydrogen) atoms. The number of hydrogen-bond donors (Lipinski definition) is 1. The molecule has 1 N–H and O–H groups in total. The molecule has 0 aliphatic heterocycles. The lowest BCUT2D eigenvalue weighted by molar-refractivity contribution is -0.116. The Morgan fingerprint density at radius 1 is 1.10 bits per heavy atom. The molecular formula is C22H24N6O. The molecule has 0 bridgehead atoms. The van der Waals surface area contributed by atoms with Crippen molar-refractivity contribution in [2.24, 2.45) is 0 Å². The van der Waals surface area contributed by atoms with Gasteiger partial charge < -0.3 is 5.32 Å². The van der Waals surface area contributed by atoms with Crippen LogP contribution in [0.3, 0.4) is 0 Å². The lowest BCUT2D eigenvalue weighted by Gasteiger charge is -2.07. The van der Waals surface area contributed by atoms with Gasteiger partial charge in [0.15, 0.2) is 5.65 Å². The van der Waals surface area contributed by atoms with Crippen LogP contribution in [0.25, 0.3) is 22.2 Å². The molecule has 1 amide bonds. The van der Waals surface area contributed by atoms with Crippen LogP contribution < -0.4 is 5.32 Å². The van der Waals surface area contributed by atoms with Crippen molar-refractivity contribution in [3.05, 3.63) is 59.7 Å². The molecule has 0 saturated carbocycles. The van der Waals surface area contributed by atoms with Crippen LogP contribution >= 0.6 is 0 Å². The fourth-order valence-electron chi connectivity index (χ4n) is 3.57. The van der Waals surface area contributed by atoms with Gasteiger partial charge in [0.1, 0.15) is 6.54 Å². The summed E-state index contributed by atoms with van der Waals surface area (Å²) in [5, 5.41) is 12.9. The van der Waals surface area contributed by atoms with Crippen molar-refractivity contribution >= 4 is 22.6 Å². The first-order valence-electron chi connectivity index (χ1n) is 9.69. The Labute approximate surface area is 169 Å². The minimum Gasteiger partial charge on any atom is -0.322 e. The zero-order valence-electron chi connectivity index (χ0n) is 17.1. The van der Waals surface area contributed by atoms with Crippen LogP contribution in [0.2, 0.25) is 0 Å². The molecule has 0 radical (unpaired) electrons. The average Bonchev–Trinajstić information content (AvgIpc) is 3.21. The van der Waals surface area contributed by atoms with E-state index < -0.39 is 0 Å². The number of benzene rings is 1. The zero-order chi connectivity index (χ0) is 20.5. The predicted molar refractivity (Wildman–Crippen MR) is 114 cm³/mol. The maximum Gasteiger partial charge on any atom is 0.246 e. The van der Waals surface area contributed by atoms with Crippen molar-refractivity contribution in [1.29, 1.82) is 0 Å². The normalized spacial score (nSPS) is 11.2. The predicted octanol–water partition coefficient (Wildman–Crippen LogP) is 3.88. The molecule has 4 aromatic rings. The summed E-state index contributed by atoms with van der Waals surface area (Å²) in [5.74, 6) is -0.157. The van der Waals surface area contributed by atoms with Gasteiger partial charge in [0.05, 0.1) is 17.1 Å². The van der Waals surface area contributed by atoms with Gasteiger partial charge in [-0.1, -0.05) is 29.8 Å². The number of fused-ring (bicyclic) bond motifs is 1. The van der Waals surface area contributed by atoms with Crippen molar-refractivity contribution in [3.63, 3.8) is 0 Å². The number of rotatable bonds is 5. The number of carbonyl (C=O) groups excluding carboxylic acids is 1. The third kappa shape index (κ3) is 3.63. The molecule has 7 nitrogen and oxygen atoms in total. The second-order valence-electron chi connectivity index (χ2n) is 7.20. The number of hydrogen-bond acceptors (Lipinski definition) is 4. The van der Waals surface area contributed by atoms with E-state index in [0.717, 1.165) is 40.1 Å². The Morgan fingerprint density at radius 2 is 1.93 bits per heavy atom. The summed E-state index contributed by atoms with van der Waals surface area (Å²) >= 11 is 0. The number of aromatic nitrogens is 5. The summed E-state index contributed by atoms with van der Waals surface area (Å²) in [6.45, 7) is 8.76. The molecule has 4 rings (SSSR count). The van der Waals surface area contributed by atoms with Gasteiger partial charge >= 0.3 is 0 Å². The molecule has 0 spiro atoms. The topological polar surface area (TPSA) is 77.6 Å². The number of nitrogens with one attached hydrogen (secondary N) is 1. The summed E-state index contributed by atoms with van der Waals surface area (Å²) < 4.78 is 3.47. The van der Waals surface area contributed by atoms with E-state index in [4.69, 9.17) is 0 Å². The summed E-state index contributed by atoms with van der Waals surface area (Å²) in [4.78, 5) is 17.2. The standard InChI is InChI=1S/C22H24N6O/c1-5-27-12-19(15(3)25-27)24-20(29)13-28-22-21(16(4)26-28)18(9-10-23-22)17-8-6-7-14(2)11-17/h6-12H,5,13H2,1-4H3,(H,24,29). The fraction of sp³-hybridized carbons (Fsp3) is 0.273. The van der Waals surface area contributed by atoms with Crippen LogP contribution in [0.5, 0.6) is 0 Å². The third-order valence-electron chi connectivity index (χ3n) is 4.97. The highest BCUT2D eigenvalue weighted by molar-refractivity contribution is 5.96. The number of amides is 1. The van der Waals surface area contributed by atoms with Crippen LogP contribution in [-0.4, -0.2) is 30.5 Å². The lowest BCUT2D eigenvalue weighted by atomic mass is 10.0. The maximum absolute atomic E-state index is 12.6. The number of pyridine rings is 1. The van der Waals surface area contributed by atoms with E-state index in [0.29, 0.717) is 5.65 Å². The van der Waals surface area contributed by atoms with Gasteiger partial charge in [0, 0.05) is 24.3 Å². The molecule has 3 aromatic heterocycles. The Bertz CT molecular complexity index is 1200. The molecule has 0 atom stereocenters. The Balaban J connectivity index is 1.66. The van der Waals surface area contributed by atoms with Gasteiger partial charge in [0.2, 0.25) is 5.91 Å². The van der Waals surface area contributed by atoms with Crippen LogP contribution in [0.15, 0.2) is 42.7 Å². The molecule has 0 aliphatic carbocycles. The number of nitrogens with zero attached hydrogens (tertiary/aromatic N) is 5. The molecule has 3 heterocycles. The van der Waals surface area contributed by atoms with E-state index in [1.165, 1.54) is 5.56 Å². The first kappa shape index (κ1) is 18.9. The van der Waals surface area contributed by atoms with Gasteiger partial charge in [-0.3, -0.25) is 9.48 Å². The van der Waals surface area contributed by atoms with E-state index >= 15 is 0 Å². The average molecular weight is 388 g/mol. The van der Waals surface area contributed by atoms with Crippen molar-refractivity contribution < 1.29 is 4.79 Å². The Morgan fingerprint density at radius 3 is 2.66 bits per heavy atom. The van der Waals surface area contributed by atoms with Crippen LogP contribution in [0, 0.1) is 20.8 Å². The third-order valence-corrected chi connectivity index (χ3v) is 4.97. The zero-order valence-corrected chi connectivity index (χ0v) is 17.1. The van der Waals surface area contributed by atoms with Crippen LogP contribution in [-0.2, 0) is 17.9 Å². The highest BCUT2D eigenvalue weighted by Gasteiger charge is 2.17. The van der Waals surface area contributed by atoms with Gasteiger partial charge in [-0.15, -0.1) is 0 Å². The van der Waals surface area contributed by atoms with E-state index in [-0.39, 0.29) is 12.5 Å². The van der Waals surface area contributed by atoms with E-state index in [9.17, 15) is 4.79 Å². The number of carbonyl (C=O) groups is 1. The quantitative estimate of drug-likeness (QED) is 0.563. The molecule has 0 aliphatic rings. The minimum absolute atomic E-state index is 0.0886. The molecule has 148 valence electrons. The van der Waals surface area contributed by atoms with Crippen LogP contribution in [0.4, 0.5) is 5.69 Å². The van der Waals surface area contributed by atoms with Crippen molar-refractivity contribution in [3.8, 4) is 11.1 Å². The smallest absolute Gasteiger partial charge is 0.246 e. The Kier molecular flexibility index (Phi) is 4.88. The van der Waals surface area contributed by atoms with Crippen molar-refractivity contribution in [2.75, 3.05) is 5.32 Å². The highest BCUT2D eigenvalue weighted by atomic mass is 16.2. The first-order valence-corrected chi connectivity index (χ1v) is 9.69. The van der Waals surface area contributed by atoms with Gasteiger partial charge in [-0.25, -0.2) is 9.67 Å². The van der Waals surface area contributed by atoms with Gasteiger partial charge in [-0.05, 0) is 44.9 Å². The molecular weight excluding hydrogens is 364 g/mol. The van der Waals surface area contributed by atoms with Crippen LogP contribution in [0.1, 0.15) is 23.9 Å². The highest BCUT2D eigenvalue weighted by Crippen LogP contribution is 2.30. The molecule has 0 unspecified atom stereocenters. The summed E-state index contributed by atoms with van der Waals surface area (Å²) in [7, 11) is 0. The fourth-order valence-corrected chi connectivity index (χ4v) is 3.57. The minimum atomic E-state index is -0.157. The van der Waals surface area contributed by atoms with Crippen molar-refractivity contribution in [1.82, 2.24) is 24.5 Å². The summed E-state index contributed by atoms with van der Waals surface area (Å²) in [5.41, 5.74) is 6.46. The van der Waals surface area contributed by atoms with Gasteiger partial charge in [-0.2, -0.15) is 10.2 Å². The Hall–Kier alpha value is -3.48. The SMILES string of the molecule is CCn1cc(NC(=O)Cn2nc(C)c3c(-c4cccc(C)c4)ccnc32)c(C)n1. The van der Waals surface area contributed by atoms with E-state index in [1.807, 2.05) is 39.1 Å². The second-order valence-corrected chi connectivity index (χ2v) is 7.20. The summed E-state index contributed by atoms with van der Waals surface area (Å²) in [6, 6.07) is 10.3. The molecule has 0 fully saturated rings. The molecule has 0 saturated heterocycles. The summed E-state index contributed by atoms with van der Waals surface area (Å²) in [6.07, 6.45) is 3.61. The van der Waals surface area contributed by atoms with E-state index in [1.54, 1.807) is 15.6 Å². The molecule has 1 aromatic carbocycles. The number of anilines is 1. The second kappa shape index (κ2) is 7.50. The lowest BCUT2D eigenvalue weighted by Crippen LogP contribution is -2.20. The molecule has 7 heteroatoms.